The van der Waals surface area contributed by atoms with Crippen molar-refractivity contribution in [2.45, 2.75) is 19.6 Å². The normalized spacial score (nSPS) is 12.5. The summed E-state index contributed by atoms with van der Waals surface area (Å²) < 4.78 is 4.11. The predicted octanol–water partition coefficient (Wildman–Crippen LogP) is 0.928. The molecule has 0 amide bonds. The first-order chi connectivity index (χ1) is 12.3. The lowest BCUT2D eigenvalue weighted by molar-refractivity contribution is 0.208. The fourth-order valence-corrected chi connectivity index (χ4v) is 2.88. The number of hydrogen-bond acceptors (Lipinski definition) is 5. The van der Waals surface area contributed by atoms with Crippen LogP contribution < -0.4 is 16.6 Å². The van der Waals surface area contributed by atoms with Gasteiger partial charge in [-0.3, -0.25) is 13.9 Å². The highest BCUT2D eigenvalue weighted by Gasteiger charge is 2.18. The molecule has 3 aromatic rings. The zero-order valence-corrected chi connectivity index (χ0v) is 15.5. The molecule has 1 aromatic carbocycles. The van der Waals surface area contributed by atoms with Gasteiger partial charge < -0.3 is 15.0 Å². The van der Waals surface area contributed by atoms with Gasteiger partial charge in [0.05, 0.1) is 12.6 Å². The lowest BCUT2D eigenvalue weighted by Gasteiger charge is -2.09. The molecular weight excluding hydrogens is 358 g/mol. The topological polar surface area (TPSA) is 94.1 Å². The van der Waals surface area contributed by atoms with Crippen molar-refractivity contribution in [1.82, 2.24) is 18.7 Å². The summed E-state index contributed by atoms with van der Waals surface area (Å²) in [5.41, 5.74) is 0.537. The summed E-state index contributed by atoms with van der Waals surface area (Å²) in [5.74, 6) is 0.414. The van der Waals surface area contributed by atoms with Crippen molar-refractivity contribution in [3.8, 4) is 0 Å². The van der Waals surface area contributed by atoms with Crippen molar-refractivity contribution in [3.05, 3.63) is 55.7 Å². The first-order valence-corrected chi connectivity index (χ1v) is 8.50. The summed E-state index contributed by atoms with van der Waals surface area (Å²) in [6.45, 7) is 2.06. The van der Waals surface area contributed by atoms with E-state index in [0.29, 0.717) is 22.1 Å². The number of aliphatic hydroxyl groups is 1. The highest BCUT2D eigenvalue weighted by atomic mass is 35.5. The van der Waals surface area contributed by atoms with Crippen molar-refractivity contribution in [2.24, 2.45) is 14.1 Å². The number of aryl methyl sites for hydroxylation is 2. The Bertz CT molecular complexity index is 1060. The van der Waals surface area contributed by atoms with Crippen molar-refractivity contribution in [2.75, 3.05) is 11.9 Å². The second-order valence-corrected chi connectivity index (χ2v) is 6.69. The van der Waals surface area contributed by atoms with E-state index in [-0.39, 0.29) is 13.1 Å². The maximum Gasteiger partial charge on any atom is 0.332 e. The van der Waals surface area contributed by atoms with Gasteiger partial charge in [0, 0.05) is 25.7 Å². The number of imidazole rings is 1. The van der Waals surface area contributed by atoms with E-state index in [2.05, 4.69) is 10.3 Å². The number of benzene rings is 1. The number of halogens is 1. The Morgan fingerprint density at radius 2 is 1.85 bits per heavy atom. The second kappa shape index (κ2) is 6.97. The van der Waals surface area contributed by atoms with Crippen molar-refractivity contribution in [1.29, 1.82) is 0 Å². The van der Waals surface area contributed by atoms with Crippen LogP contribution in [0, 0.1) is 0 Å². The smallest absolute Gasteiger partial charge is 0.332 e. The quantitative estimate of drug-likeness (QED) is 0.689. The van der Waals surface area contributed by atoms with Crippen LogP contribution in [0.1, 0.15) is 12.5 Å². The number of rotatable bonds is 5. The maximum atomic E-state index is 12.9. The molecule has 2 N–H and O–H groups in total. The molecule has 0 fully saturated rings. The van der Waals surface area contributed by atoms with E-state index < -0.39 is 17.4 Å². The van der Waals surface area contributed by atoms with E-state index in [0.717, 1.165) is 5.56 Å². The molecule has 138 valence electrons. The zero-order chi connectivity index (χ0) is 19.0. The summed E-state index contributed by atoms with van der Waals surface area (Å²) in [6, 6.07) is 6.98. The minimum Gasteiger partial charge on any atom is -0.392 e. The summed E-state index contributed by atoms with van der Waals surface area (Å²) in [6.07, 6.45) is -0.569. The van der Waals surface area contributed by atoms with Gasteiger partial charge in [0.2, 0.25) is 5.95 Å². The molecule has 2 heterocycles. The van der Waals surface area contributed by atoms with Crippen molar-refractivity contribution in [3.63, 3.8) is 0 Å². The van der Waals surface area contributed by atoms with Crippen LogP contribution in [0.4, 0.5) is 5.95 Å². The standard InChI is InChI=1S/C17H20ClN5O3/c1-10(24)8-19-16-20-14-13(21(16)2)15(25)23(17(26)22(14)3)9-11-4-6-12(18)7-5-11/h4-7,10,24H,8-9H2,1-3H3,(H,19,20)/t10-/m0/s1. The van der Waals surface area contributed by atoms with Gasteiger partial charge in [-0.2, -0.15) is 4.98 Å². The molecule has 0 aliphatic heterocycles. The molecule has 0 spiro atoms. The summed E-state index contributed by atoms with van der Waals surface area (Å²) >= 11 is 5.89. The number of nitrogens with zero attached hydrogens (tertiary/aromatic N) is 4. The van der Waals surface area contributed by atoms with Gasteiger partial charge in [-0.25, -0.2) is 4.79 Å². The number of aromatic nitrogens is 4. The summed E-state index contributed by atoms with van der Waals surface area (Å²) in [5, 5.41) is 13.0. The Labute approximate surface area is 154 Å². The highest BCUT2D eigenvalue weighted by Crippen LogP contribution is 2.14. The summed E-state index contributed by atoms with van der Waals surface area (Å²) in [7, 11) is 3.27. The van der Waals surface area contributed by atoms with Crippen LogP contribution >= 0.6 is 11.6 Å². The van der Waals surface area contributed by atoms with Gasteiger partial charge in [-0.15, -0.1) is 0 Å². The van der Waals surface area contributed by atoms with Gasteiger partial charge in [0.15, 0.2) is 11.2 Å². The van der Waals surface area contributed by atoms with Gasteiger partial charge >= 0.3 is 5.69 Å². The minimum absolute atomic E-state index is 0.139. The molecule has 8 nitrogen and oxygen atoms in total. The molecule has 0 saturated carbocycles. The maximum absolute atomic E-state index is 12.9. The molecule has 0 saturated heterocycles. The molecule has 3 rings (SSSR count). The first kappa shape index (κ1) is 18.2. The molecule has 0 aliphatic carbocycles. The lowest BCUT2D eigenvalue weighted by Crippen LogP contribution is -2.39. The average molecular weight is 378 g/mol. The summed E-state index contributed by atoms with van der Waals surface area (Å²) in [4.78, 5) is 29.9. The van der Waals surface area contributed by atoms with Crippen molar-refractivity contribution < 1.29 is 5.11 Å². The molecule has 9 heteroatoms. The Morgan fingerprint density at radius 1 is 1.19 bits per heavy atom. The Kier molecular flexibility index (Phi) is 4.88. The largest absolute Gasteiger partial charge is 0.392 e. The first-order valence-electron chi connectivity index (χ1n) is 8.12. The fraction of sp³-hybridized carbons (Fsp3) is 0.353. The van der Waals surface area contributed by atoms with Crippen LogP contribution in [0.3, 0.4) is 0 Å². The van der Waals surface area contributed by atoms with Crippen LogP contribution in [0.15, 0.2) is 33.9 Å². The molecule has 0 aliphatic rings. The van der Waals surface area contributed by atoms with E-state index in [1.165, 1.54) is 9.13 Å². The number of aliphatic hydroxyl groups excluding tert-OH is 1. The van der Waals surface area contributed by atoms with Gasteiger partial charge in [0.1, 0.15) is 0 Å². The molecular formula is C17H20ClN5O3. The number of fused-ring (bicyclic) bond motifs is 1. The number of anilines is 1. The Morgan fingerprint density at radius 3 is 2.46 bits per heavy atom. The van der Waals surface area contributed by atoms with Crippen LogP contribution in [0.5, 0.6) is 0 Å². The molecule has 26 heavy (non-hydrogen) atoms. The fourth-order valence-electron chi connectivity index (χ4n) is 2.75. The van der Waals surface area contributed by atoms with Gasteiger partial charge in [-0.05, 0) is 24.6 Å². The third-order valence-corrected chi connectivity index (χ3v) is 4.42. The Balaban J connectivity index is 2.13. The minimum atomic E-state index is -0.569. The van der Waals surface area contributed by atoms with E-state index in [4.69, 9.17) is 11.6 Å². The molecule has 2 aromatic heterocycles. The van der Waals surface area contributed by atoms with E-state index >= 15 is 0 Å². The average Bonchev–Trinajstić information content (AvgIpc) is 2.93. The van der Waals surface area contributed by atoms with Crippen LogP contribution in [-0.2, 0) is 20.6 Å². The van der Waals surface area contributed by atoms with E-state index in [9.17, 15) is 14.7 Å². The number of hydrogen-bond donors (Lipinski definition) is 2. The molecule has 0 bridgehead atoms. The van der Waals surface area contributed by atoms with Crippen molar-refractivity contribution >= 4 is 28.7 Å². The SMILES string of the molecule is C[C@H](O)CNc1nc2c(c(=O)n(Cc3ccc(Cl)cc3)c(=O)n2C)n1C. The molecule has 0 radical (unpaired) electrons. The highest BCUT2D eigenvalue weighted by molar-refractivity contribution is 6.30. The number of nitrogens with one attached hydrogen (secondary N) is 1. The van der Waals surface area contributed by atoms with Gasteiger partial charge in [0.25, 0.3) is 5.56 Å². The molecule has 0 unspecified atom stereocenters. The van der Waals surface area contributed by atoms with E-state index in [1.54, 1.807) is 49.9 Å². The van der Waals surface area contributed by atoms with Crippen LogP contribution in [0.2, 0.25) is 5.02 Å². The van der Waals surface area contributed by atoms with Crippen LogP contribution in [-0.4, -0.2) is 36.4 Å². The Hall–Kier alpha value is -2.58. The van der Waals surface area contributed by atoms with Crippen LogP contribution in [0.25, 0.3) is 11.2 Å². The monoisotopic (exact) mass is 377 g/mol. The van der Waals surface area contributed by atoms with Gasteiger partial charge in [-0.1, -0.05) is 23.7 Å². The third kappa shape index (κ3) is 3.25. The van der Waals surface area contributed by atoms with E-state index in [1.807, 2.05) is 0 Å². The zero-order valence-electron chi connectivity index (χ0n) is 14.7. The predicted molar refractivity (Wildman–Crippen MR) is 101 cm³/mol. The second-order valence-electron chi connectivity index (χ2n) is 6.26. The lowest BCUT2D eigenvalue weighted by atomic mass is 10.2. The molecule has 1 atom stereocenters. The third-order valence-electron chi connectivity index (χ3n) is 4.17.